The van der Waals surface area contributed by atoms with Crippen molar-refractivity contribution >= 4 is 11.7 Å². The van der Waals surface area contributed by atoms with Gasteiger partial charge in [0.25, 0.3) is 5.91 Å². The van der Waals surface area contributed by atoms with Gasteiger partial charge in [-0.2, -0.15) is 0 Å². The van der Waals surface area contributed by atoms with Gasteiger partial charge in [-0.3, -0.25) is 4.79 Å². The summed E-state index contributed by atoms with van der Waals surface area (Å²) in [5.74, 6) is 0.302. The van der Waals surface area contributed by atoms with E-state index in [0.717, 1.165) is 0 Å². The van der Waals surface area contributed by atoms with E-state index >= 15 is 0 Å². The van der Waals surface area contributed by atoms with Crippen molar-refractivity contribution in [3.05, 3.63) is 17.8 Å². The zero-order valence-electron chi connectivity index (χ0n) is 8.53. The van der Waals surface area contributed by atoms with E-state index < -0.39 is 0 Å². The number of nitrogens with one attached hydrogen (secondary N) is 2. The SMILES string of the molecule is CCNC(=O)c1ccc(NCCO)nn1. The quantitative estimate of drug-likeness (QED) is 0.617. The molecule has 0 saturated heterocycles. The van der Waals surface area contributed by atoms with Gasteiger partial charge in [0, 0.05) is 13.1 Å². The molecule has 0 aliphatic heterocycles. The predicted octanol–water partition coefficient (Wildman–Crippen LogP) is -0.370. The highest BCUT2D eigenvalue weighted by Gasteiger charge is 2.05. The molecule has 1 rings (SSSR count). The molecule has 6 heteroatoms. The van der Waals surface area contributed by atoms with Crippen molar-refractivity contribution in [2.24, 2.45) is 0 Å². The molecule has 0 atom stereocenters. The number of amides is 1. The van der Waals surface area contributed by atoms with E-state index in [1.807, 2.05) is 6.92 Å². The van der Waals surface area contributed by atoms with Crippen LogP contribution in [0.15, 0.2) is 12.1 Å². The number of aliphatic hydroxyl groups excluding tert-OH is 1. The Morgan fingerprint density at radius 3 is 2.80 bits per heavy atom. The minimum atomic E-state index is -0.237. The van der Waals surface area contributed by atoms with Gasteiger partial charge in [0.1, 0.15) is 5.82 Å². The summed E-state index contributed by atoms with van der Waals surface area (Å²) in [4.78, 5) is 11.3. The Balaban J connectivity index is 2.59. The summed E-state index contributed by atoms with van der Waals surface area (Å²) < 4.78 is 0. The number of carbonyl (C=O) groups is 1. The van der Waals surface area contributed by atoms with Crippen molar-refractivity contribution in [2.75, 3.05) is 25.0 Å². The van der Waals surface area contributed by atoms with E-state index in [9.17, 15) is 4.79 Å². The maximum Gasteiger partial charge on any atom is 0.271 e. The summed E-state index contributed by atoms with van der Waals surface area (Å²) in [5, 5.41) is 21.6. The summed E-state index contributed by atoms with van der Waals surface area (Å²) in [6.45, 7) is 2.84. The van der Waals surface area contributed by atoms with Crippen LogP contribution in [0.3, 0.4) is 0 Å². The molecule has 0 aliphatic rings. The number of hydrogen-bond donors (Lipinski definition) is 3. The van der Waals surface area contributed by atoms with Gasteiger partial charge in [0.05, 0.1) is 6.61 Å². The molecule has 0 saturated carbocycles. The third-order valence-electron chi connectivity index (χ3n) is 1.65. The van der Waals surface area contributed by atoms with E-state index in [1.165, 1.54) is 0 Å². The normalized spacial score (nSPS) is 9.73. The van der Waals surface area contributed by atoms with Crippen molar-refractivity contribution in [1.82, 2.24) is 15.5 Å². The van der Waals surface area contributed by atoms with Gasteiger partial charge in [0.15, 0.2) is 5.69 Å². The number of anilines is 1. The highest BCUT2D eigenvalue weighted by atomic mass is 16.3. The number of rotatable bonds is 5. The van der Waals surface area contributed by atoms with Crippen LogP contribution in [0.25, 0.3) is 0 Å². The average Bonchev–Trinajstić information content (AvgIpc) is 2.27. The van der Waals surface area contributed by atoms with E-state index in [1.54, 1.807) is 12.1 Å². The first-order chi connectivity index (χ1) is 7.27. The van der Waals surface area contributed by atoms with E-state index in [4.69, 9.17) is 5.11 Å². The van der Waals surface area contributed by atoms with Gasteiger partial charge >= 0.3 is 0 Å². The Morgan fingerprint density at radius 2 is 2.27 bits per heavy atom. The monoisotopic (exact) mass is 210 g/mol. The average molecular weight is 210 g/mol. The van der Waals surface area contributed by atoms with E-state index in [0.29, 0.717) is 18.9 Å². The van der Waals surface area contributed by atoms with Crippen molar-refractivity contribution < 1.29 is 9.90 Å². The molecule has 82 valence electrons. The fraction of sp³-hybridized carbons (Fsp3) is 0.444. The standard InChI is InChI=1S/C9H14N4O2/c1-2-10-9(15)7-3-4-8(13-12-7)11-5-6-14/h3-4,14H,2,5-6H2,1H3,(H,10,15)(H,11,13). The number of aromatic nitrogens is 2. The Kier molecular flexibility index (Phi) is 4.49. The second kappa shape index (κ2) is 5.92. The lowest BCUT2D eigenvalue weighted by molar-refractivity contribution is 0.0950. The van der Waals surface area contributed by atoms with Crippen molar-refractivity contribution in [3.63, 3.8) is 0 Å². The van der Waals surface area contributed by atoms with Crippen molar-refractivity contribution in [1.29, 1.82) is 0 Å². The molecule has 1 aromatic rings. The maximum atomic E-state index is 11.3. The first-order valence-corrected chi connectivity index (χ1v) is 4.74. The van der Waals surface area contributed by atoms with Gasteiger partial charge in [-0.15, -0.1) is 10.2 Å². The van der Waals surface area contributed by atoms with Crippen LogP contribution in [0.4, 0.5) is 5.82 Å². The lowest BCUT2D eigenvalue weighted by Gasteiger charge is -2.03. The minimum absolute atomic E-state index is 0.0275. The molecule has 0 aliphatic carbocycles. The van der Waals surface area contributed by atoms with Crippen LogP contribution >= 0.6 is 0 Å². The molecule has 0 bridgehead atoms. The van der Waals surface area contributed by atoms with Crippen molar-refractivity contribution in [2.45, 2.75) is 6.92 Å². The first kappa shape index (κ1) is 11.4. The zero-order chi connectivity index (χ0) is 11.1. The molecule has 6 nitrogen and oxygen atoms in total. The van der Waals surface area contributed by atoms with Gasteiger partial charge in [-0.25, -0.2) is 0 Å². The lowest BCUT2D eigenvalue weighted by atomic mass is 10.3. The van der Waals surface area contributed by atoms with E-state index in [-0.39, 0.29) is 18.2 Å². The van der Waals surface area contributed by atoms with Gasteiger partial charge in [-0.1, -0.05) is 0 Å². The van der Waals surface area contributed by atoms with Crippen LogP contribution in [-0.4, -0.2) is 40.9 Å². The Hall–Kier alpha value is -1.69. The maximum absolute atomic E-state index is 11.3. The van der Waals surface area contributed by atoms with Crippen LogP contribution in [0.1, 0.15) is 17.4 Å². The lowest BCUT2D eigenvalue weighted by Crippen LogP contribution is -2.24. The molecule has 15 heavy (non-hydrogen) atoms. The summed E-state index contributed by atoms with van der Waals surface area (Å²) in [5.41, 5.74) is 0.284. The van der Waals surface area contributed by atoms with E-state index in [2.05, 4.69) is 20.8 Å². The van der Waals surface area contributed by atoms with Crippen molar-refractivity contribution in [3.8, 4) is 0 Å². The minimum Gasteiger partial charge on any atom is -0.395 e. The molecule has 0 spiro atoms. The Bertz CT molecular complexity index is 312. The van der Waals surface area contributed by atoms with Crippen LogP contribution in [0.2, 0.25) is 0 Å². The summed E-state index contributed by atoms with van der Waals surface area (Å²) >= 11 is 0. The molecule has 0 fully saturated rings. The molecule has 0 aromatic carbocycles. The second-order valence-electron chi connectivity index (χ2n) is 2.81. The van der Waals surface area contributed by atoms with Crippen LogP contribution < -0.4 is 10.6 Å². The Labute approximate surface area is 87.7 Å². The molecule has 1 heterocycles. The molecule has 3 N–H and O–H groups in total. The number of aliphatic hydroxyl groups is 1. The second-order valence-corrected chi connectivity index (χ2v) is 2.81. The largest absolute Gasteiger partial charge is 0.395 e. The van der Waals surface area contributed by atoms with Gasteiger partial charge < -0.3 is 15.7 Å². The number of hydrogen-bond acceptors (Lipinski definition) is 5. The summed E-state index contributed by atoms with van der Waals surface area (Å²) in [6.07, 6.45) is 0. The Morgan fingerprint density at radius 1 is 1.47 bits per heavy atom. The third-order valence-corrected chi connectivity index (χ3v) is 1.65. The third kappa shape index (κ3) is 3.51. The molecule has 0 unspecified atom stereocenters. The van der Waals surface area contributed by atoms with Gasteiger partial charge in [0.2, 0.25) is 0 Å². The summed E-state index contributed by atoms with van der Waals surface area (Å²) in [6, 6.07) is 3.23. The van der Waals surface area contributed by atoms with Crippen LogP contribution in [-0.2, 0) is 0 Å². The predicted molar refractivity (Wildman–Crippen MR) is 55.6 cm³/mol. The fourth-order valence-electron chi connectivity index (χ4n) is 0.983. The van der Waals surface area contributed by atoms with Crippen LogP contribution in [0.5, 0.6) is 0 Å². The molecule has 1 amide bonds. The topological polar surface area (TPSA) is 87.1 Å². The molecular formula is C9H14N4O2. The molecule has 0 radical (unpaired) electrons. The number of nitrogens with zero attached hydrogens (tertiary/aromatic N) is 2. The zero-order valence-corrected chi connectivity index (χ0v) is 8.53. The van der Waals surface area contributed by atoms with Gasteiger partial charge in [-0.05, 0) is 19.1 Å². The smallest absolute Gasteiger partial charge is 0.271 e. The van der Waals surface area contributed by atoms with Crippen LogP contribution in [0, 0.1) is 0 Å². The first-order valence-electron chi connectivity index (χ1n) is 4.74. The highest BCUT2D eigenvalue weighted by molar-refractivity contribution is 5.92. The molecule has 1 aromatic heterocycles. The number of carbonyl (C=O) groups excluding carboxylic acids is 1. The highest BCUT2D eigenvalue weighted by Crippen LogP contribution is 2.00. The fourth-order valence-corrected chi connectivity index (χ4v) is 0.983. The molecular weight excluding hydrogens is 196 g/mol. The summed E-state index contributed by atoms with van der Waals surface area (Å²) in [7, 11) is 0.